The van der Waals surface area contributed by atoms with Gasteiger partial charge in [0.05, 0.1) is 11.1 Å². The number of carboxylic acid groups (broad SMARTS) is 2. The summed E-state index contributed by atoms with van der Waals surface area (Å²) in [5, 5.41) is 17.1. The summed E-state index contributed by atoms with van der Waals surface area (Å²) in [7, 11) is 0. The Bertz CT molecular complexity index is 307. The van der Waals surface area contributed by atoms with Crippen LogP contribution in [0.3, 0.4) is 0 Å². The third-order valence-electron chi connectivity index (χ3n) is 1.39. The Labute approximate surface area is 109 Å². The smallest absolute Gasteiger partial charge is 1.00 e. The number of carbonyl (C=O) groups is 2. The normalized spacial score (nSPS) is 8.00. The Morgan fingerprint density at radius 1 is 0.929 bits per heavy atom. The summed E-state index contributed by atoms with van der Waals surface area (Å²) in [4.78, 5) is 20.9. The van der Waals surface area contributed by atoms with Gasteiger partial charge in [0, 0.05) is 0 Å². The molecule has 0 fully saturated rings. The maximum absolute atomic E-state index is 10.5. The number of rotatable bonds is 2. The average Bonchev–Trinajstić information content (AvgIpc) is 2.04. The van der Waals surface area contributed by atoms with Crippen LogP contribution < -0.4 is 42.0 Å². The zero-order chi connectivity index (χ0) is 9.14. The van der Waals surface area contributed by atoms with Crippen molar-refractivity contribution in [1.82, 2.24) is 0 Å². The molecule has 0 aliphatic carbocycles. The van der Waals surface area contributed by atoms with Crippen molar-refractivity contribution in [3.05, 3.63) is 35.4 Å². The van der Waals surface area contributed by atoms with E-state index in [9.17, 15) is 9.59 Å². The van der Waals surface area contributed by atoms with Gasteiger partial charge in [0.25, 0.3) is 0 Å². The molecule has 0 saturated heterocycles. The van der Waals surface area contributed by atoms with Crippen molar-refractivity contribution in [2.75, 3.05) is 0 Å². The molecule has 0 unspecified atom stereocenters. The van der Waals surface area contributed by atoms with Gasteiger partial charge in [0.1, 0.15) is 0 Å². The average molecular weight is 225 g/mol. The van der Waals surface area contributed by atoms with E-state index >= 15 is 0 Å². The molecule has 0 saturated carbocycles. The van der Waals surface area contributed by atoms with Gasteiger partial charge in [0.2, 0.25) is 0 Å². The second kappa shape index (κ2) is 6.84. The zero-order valence-electron chi connectivity index (χ0n) is 7.40. The largest absolute Gasteiger partial charge is 1.00 e. The maximum atomic E-state index is 10.5. The molecule has 0 aliphatic rings. The van der Waals surface area contributed by atoms with Gasteiger partial charge in [0.15, 0.2) is 0 Å². The molecule has 0 spiro atoms. The molecule has 0 radical (unpaired) electrons. The van der Waals surface area contributed by atoms with Crippen LogP contribution in [0.2, 0.25) is 0 Å². The Balaban J connectivity index is 0. The number of hydrogen-bond donors (Lipinski definition) is 2. The van der Waals surface area contributed by atoms with Gasteiger partial charge in [-0.15, -0.1) is 0 Å². The Hall–Kier alpha value is -0.550. The number of aromatic carboxylic acids is 2. The first kappa shape index (κ1) is 15.9. The van der Waals surface area contributed by atoms with Gasteiger partial charge in [-0.25, -0.2) is 9.59 Å². The van der Waals surface area contributed by atoms with Crippen LogP contribution in [-0.4, -0.2) is 22.2 Å². The van der Waals surface area contributed by atoms with Crippen molar-refractivity contribution >= 4 is 11.9 Å². The molecule has 0 atom stereocenters. The van der Waals surface area contributed by atoms with Crippen LogP contribution >= 0.6 is 0 Å². The fraction of sp³-hybridized carbons (Fsp3) is 0. The molecule has 0 amide bonds. The summed E-state index contributed by atoms with van der Waals surface area (Å²) >= 11 is 0. The quantitative estimate of drug-likeness (QED) is 0.494. The molecule has 1 aromatic carbocycles. The molecule has 14 heavy (non-hydrogen) atoms. The second-order valence-electron chi connectivity index (χ2n) is 2.16. The van der Waals surface area contributed by atoms with E-state index in [0.717, 1.165) is 0 Å². The molecule has 0 aliphatic heterocycles. The first-order valence-corrected chi connectivity index (χ1v) is 3.18. The molecule has 0 aromatic heterocycles. The van der Waals surface area contributed by atoms with E-state index in [0.29, 0.717) is 0 Å². The number of carboxylic acids is 2. The Kier molecular flexibility index (Phi) is 7.77. The third-order valence-corrected chi connectivity index (χ3v) is 1.39. The van der Waals surface area contributed by atoms with Crippen molar-refractivity contribution in [2.45, 2.75) is 0 Å². The third kappa shape index (κ3) is 3.67. The van der Waals surface area contributed by atoms with Crippen LogP contribution in [0.5, 0.6) is 0 Å². The van der Waals surface area contributed by atoms with Crippen LogP contribution in [0.15, 0.2) is 24.3 Å². The minimum Gasteiger partial charge on any atom is -1.00 e. The summed E-state index contributed by atoms with van der Waals surface area (Å²) < 4.78 is 0. The molecular weight excluding hydrogens is 219 g/mol. The Morgan fingerprint density at radius 3 is 1.43 bits per heavy atom. The van der Waals surface area contributed by atoms with Crippen LogP contribution in [0, 0.1) is 0 Å². The predicted octanol–water partition coefficient (Wildman–Crippen LogP) is -4.91. The summed E-state index contributed by atoms with van der Waals surface area (Å²) in [6, 6.07) is 5.48. The van der Waals surface area contributed by atoms with E-state index < -0.39 is 11.9 Å². The molecule has 2 N–H and O–H groups in total. The van der Waals surface area contributed by atoms with E-state index in [1.807, 2.05) is 0 Å². The number of halogens is 1. The van der Waals surface area contributed by atoms with Crippen molar-refractivity contribution in [3.8, 4) is 0 Å². The van der Waals surface area contributed by atoms with Gasteiger partial charge in [-0.1, -0.05) is 12.1 Å². The van der Waals surface area contributed by atoms with E-state index in [-0.39, 0.29) is 53.1 Å². The van der Waals surface area contributed by atoms with Crippen LogP contribution in [0.1, 0.15) is 20.7 Å². The summed E-state index contributed by atoms with van der Waals surface area (Å²) in [5.74, 6) is -2.46. The number of hydrogen-bond acceptors (Lipinski definition) is 2. The van der Waals surface area contributed by atoms with Crippen molar-refractivity contribution in [3.63, 3.8) is 0 Å². The van der Waals surface area contributed by atoms with Crippen LogP contribution in [0.4, 0.5) is 0 Å². The molecule has 0 bridgehead atoms. The van der Waals surface area contributed by atoms with Gasteiger partial charge in [-0.3, -0.25) is 0 Å². The zero-order valence-corrected chi connectivity index (χ0v) is 10.2. The first-order chi connectivity index (χ1) is 5.63. The van der Waals surface area contributed by atoms with Gasteiger partial charge in [-0.2, -0.15) is 0 Å². The molecule has 6 heteroatoms. The minimum absolute atomic E-state index is 0. The van der Waals surface area contributed by atoms with E-state index in [1.165, 1.54) is 24.3 Å². The summed E-state index contributed by atoms with van der Waals surface area (Å²) in [6.45, 7) is 0. The van der Waals surface area contributed by atoms with E-state index in [2.05, 4.69) is 0 Å². The van der Waals surface area contributed by atoms with Gasteiger partial charge in [-0.05, 0) is 12.1 Å². The van der Waals surface area contributed by atoms with Crippen LogP contribution in [0.25, 0.3) is 0 Å². The van der Waals surface area contributed by atoms with Crippen molar-refractivity contribution in [1.29, 1.82) is 0 Å². The van der Waals surface area contributed by atoms with Gasteiger partial charge < -0.3 is 22.6 Å². The predicted molar refractivity (Wildman–Crippen MR) is 40.4 cm³/mol. The molecular formula is C8H6ClNaO4. The standard InChI is InChI=1S/C8H6O4.ClH.Na/c9-7(10)5-3-1-2-4-6(5)8(11)12;;/h1-4H,(H,9,10)(H,11,12);1H;/q;;+1/p-1. The Morgan fingerprint density at radius 2 is 1.21 bits per heavy atom. The second-order valence-corrected chi connectivity index (χ2v) is 2.16. The van der Waals surface area contributed by atoms with Crippen molar-refractivity contribution in [2.24, 2.45) is 0 Å². The fourth-order valence-corrected chi connectivity index (χ4v) is 0.856. The molecule has 70 valence electrons. The van der Waals surface area contributed by atoms with Crippen LogP contribution in [-0.2, 0) is 0 Å². The molecule has 4 nitrogen and oxygen atoms in total. The van der Waals surface area contributed by atoms with E-state index in [1.54, 1.807) is 0 Å². The van der Waals surface area contributed by atoms with Crippen molar-refractivity contribution < 1.29 is 61.8 Å². The molecule has 1 aromatic rings. The SMILES string of the molecule is O=C(O)c1ccccc1C(=O)O.[Cl-].[Na+]. The summed E-state index contributed by atoms with van der Waals surface area (Å²) in [5.41, 5.74) is -0.380. The summed E-state index contributed by atoms with van der Waals surface area (Å²) in [6.07, 6.45) is 0. The first-order valence-electron chi connectivity index (χ1n) is 3.18. The van der Waals surface area contributed by atoms with E-state index in [4.69, 9.17) is 10.2 Å². The molecule has 1 rings (SSSR count). The topological polar surface area (TPSA) is 74.6 Å². The van der Waals surface area contributed by atoms with Gasteiger partial charge >= 0.3 is 41.5 Å². The number of benzene rings is 1. The fourth-order valence-electron chi connectivity index (χ4n) is 0.856. The molecule has 0 heterocycles. The minimum atomic E-state index is -1.23. The monoisotopic (exact) mass is 224 g/mol. The maximum Gasteiger partial charge on any atom is 1.00 e.